The summed E-state index contributed by atoms with van der Waals surface area (Å²) < 4.78 is 4.62. The van der Waals surface area contributed by atoms with Crippen LogP contribution in [0.4, 0.5) is 11.4 Å². The number of anilines is 1. The van der Waals surface area contributed by atoms with Gasteiger partial charge in [0.1, 0.15) is 0 Å². The number of aliphatic imine (C=N–C) groups is 1. The average molecular weight is 338 g/mol. The first-order valence-corrected chi connectivity index (χ1v) is 8.01. The molecule has 5 nitrogen and oxygen atoms in total. The minimum absolute atomic E-state index is 0.278. The fourth-order valence-corrected chi connectivity index (χ4v) is 3.09. The molecule has 0 unspecified atom stereocenters. The second-order valence-electron chi connectivity index (χ2n) is 4.84. The normalized spacial score (nSPS) is 17.5. The lowest BCUT2D eigenvalue weighted by atomic mass is 10.3. The van der Waals surface area contributed by atoms with Crippen LogP contribution >= 0.6 is 11.8 Å². The molecule has 0 spiro atoms. The van der Waals surface area contributed by atoms with Crippen molar-refractivity contribution >= 4 is 40.2 Å². The van der Waals surface area contributed by atoms with Crippen LogP contribution in [0.2, 0.25) is 0 Å². The van der Waals surface area contributed by atoms with Crippen molar-refractivity contribution in [2.45, 2.75) is 0 Å². The van der Waals surface area contributed by atoms with E-state index in [9.17, 15) is 9.59 Å². The molecule has 6 heteroatoms. The molecule has 0 aliphatic carbocycles. The van der Waals surface area contributed by atoms with Gasteiger partial charge in [0, 0.05) is 6.08 Å². The standard InChI is InChI=1S/C18H14N2O3S/c1-23-16(21)12-15-17(22)20(14-10-6-3-7-11-14)18(24-15)19-13-8-4-2-5-9-13/h2-12H,1H3. The number of hydrogen-bond acceptors (Lipinski definition) is 5. The van der Waals surface area contributed by atoms with E-state index in [2.05, 4.69) is 9.73 Å². The lowest BCUT2D eigenvalue weighted by molar-refractivity contribution is -0.135. The number of nitrogens with zero attached hydrogens (tertiary/aromatic N) is 2. The van der Waals surface area contributed by atoms with Crippen molar-refractivity contribution in [1.29, 1.82) is 0 Å². The van der Waals surface area contributed by atoms with Crippen LogP contribution in [0, 0.1) is 0 Å². The summed E-state index contributed by atoms with van der Waals surface area (Å²) in [6, 6.07) is 18.5. The molecule has 0 radical (unpaired) electrons. The van der Waals surface area contributed by atoms with E-state index in [1.54, 1.807) is 0 Å². The van der Waals surface area contributed by atoms with Gasteiger partial charge >= 0.3 is 5.97 Å². The van der Waals surface area contributed by atoms with Crippen molar-refractivity contribution in [3.05, 3.63) is 71.6 Å². The van der Waals surface area contributed by atoms with Gasteiger partial charge in [-0.3, -0.25) is 9.69 Å². The first-order valence-electron chi connectivity index (χ1n) is 7.20. The number of benzene rings is 2. The van der Waals surface area contributed by atoms with Gasteiger partial charge in [-0.25, -0.2) is 9.79 Å². The molecule has 1 aliphatic heterocycles. The van der Waals surface area contributed by atoms with Gasteiger partial charge in [-0.15, -0.1) is 0 Å². The molecule has 0 atom stereocenters. The predicted octanol–water partition coefficient (Wildman–Crippen LogP) is 3.51. The molecule has 0 bridgehead atoms. The maximum Gasteiger partial charge on any atom is 0.331 e. The maximum absolute atomic E-state index is 12.7. The molecule has 24 heavy (non-hydrogen) atoms. The van der Waals surface area contributed by atoms with Crippen LogP contribution in [0.15, 0.2) is 76.6 Å². The van der Waals surface area contributed by atoms with E-state index < -0.39 is 5.97 Å². The number of carbonyl (C=O) groups is 2. The summed E-state index contributed by atoms with van der Waals surface area (Å²) in [6.07, 6.45) is 1.19. The molecule has 1 saturated heterocycles. The minimum atomic E-state index is -0.570. The molecule has 1 amide bonds. The second kappa shape index (κ2) is 7.14. The van der Waals surface area contributed by atoms with Crippen LogP contribution in [-0.4, -0.2) is 24.2 Å². The number of amidine groups is 1. The monoisotopic (exact) mass is 338 g/mol. The minimum Gasteiger partial charge on any atom is -0.466 e. The summed E-state index contributed by atoms with van der Waals surface area (Å²) in [5.74, 6) is -0.869. The number of rotatable bonds is 3. The van der Waals surface area contributed by atoms with Crippen molar-refractivity contribution in [2.24, 2.45) is 4.99 Å². The first kappa shape index (κ1) is 16.0. The number of methoxy groups -OCH3 is 1. The topological polar surface area (TPSA) is 59.0 Å². The highest BCUT2D eigenvalue weighted by molar-refractivity contribution is 8.19. The number of ether oxygens (including phenoxy) is 1. The number of thioether (sulfide) groups is 1. The number of esters is 1. The zero-order valence-electron chi connectivity index (χ0n) is 12.9. The van der Waals surface area contributed by atoms with Gasteiger partial charge < -0.3 is 4.74 Å². The molecule has 0 aromatic heterocycles. The largest absolute Gasteiger partial charge is 0.466 e. The molecule has 1 fully saturated rings. The summed E-state index contributed by atoms with van der Waals surface area (Å²) in [6.45, 7) is 0. The van der Waals surface area contributed by atoms with Crippen molar-refractivity contribution in [1.82, 2.24) is 0 Å². The van der Waals surface area contributed by atoms with Crippen LogP contribution in [-0.2, 0) is 14.3 Å². The summed E-state index contributed by atoms with van der Waals surface area (Å²) in [4.78, 5) is 30.5. The molecule has 2 aromatic carbocycles. The second-order valence-corrected chi connectivity index (χ2v) is 5.85. The lowest BCUT2D eigenvalue weighted by Gasteiger charge is -2.15. The van der Waals surface area contributed by atoms with Gasteiger partial charge in [-0.05, 0) is 36.0 Å². The van der Waals surface area contributed by atoms with Crippen molar-refractivity contribution in [2.75, 3.05) is 12.0 Å². The SMILES string of the molecule is COC(=O)C=C1SC(=Nc2ccccc2)N(c2ccccc2)C1=O. The molecular weight excluding hydrogens is 324 g/mol. The van der Waals surface area contributed by atoms with Gasteiger partial charge in [0.05, 0.1) is 23.4 Å². The average Bonchev–Trinajstić information content (AvgIpc) is 2.91. The molecule has 0 N–H and O–H groups in total. The van der Waals surface area contributed by atoms with Gasteiger partial charge in [0.25, 0.3) is 5.91 Å². The number of carbonyl (C=O) groups excluding carboxylic acids is 2. The highest BCUT2D eigenvalue weighted by Crippen LogP contribution is 2.36. The Labute approximate surface area is 143 Å². The third kappa shape index (κ3) is 3.38. The van der Waals surface area contributed by atoms with Crippen molar-refractivity contribution in [3.63, 3.8) is 0 Å². The van der Waals surface area contributed by atoms with Crippen molar-refractivity contribution < 1.29 is 14.3 Å². The van der Waals surface area contributed by atoms with Gasteiger partial charge in [0.15, 0.2) is 5.17 Å². The summed E-state index contributed by atoms with van der Waals surface area (Å²) in [7, 11) is 1.28. The molecule has 120 valence electrons. The lowest BCUT2D eigenvalue weighted by Crippen LogP contribution is -2.28. The molecule has 1 aliphatic rings. The van der Waals surface area contributed by atoms with Crippen LogP contribution in [0.3, 0.4) is 0 Å². The van der Waals surface area contributed by atoms with Gasteiger partial charge in [0.2, 0.25) is 0 Å². The Hall–Kier alpha value is -2.86. The highest BCUT2D eigenvalue weighted by atomic mass is 32.2. The quantitative estimate of drug-likeness (QED) is 0.635. The Bertz CT molecular complexity index is 817. The van der Waals surface area contributed by atoms with E-state index in [1.807, 2.05) is 60.7 Å². The fourth-order valence-electron chi connectivity index (χ4n) is 2.13. The van der Waals surface area contributed by atoms with Gasteiger partial charge in [-0.2, -0.15) is 0 Å². The van der Waals surface area contributed by atoms with E-state index in [-0.39, 0.29) is 10.8 Å². The van der Waals surface area contributed by atoms with E-state index in [0.29, 0.717) is 10.9 Å². The van der Waals surface area contributed by atoms with Crippen LogP contribution in [0.1, 0.15) is 0 Å². The zero-order valence-corrected chi connectivity index (χ0v) is 13.7. The zero-order chi connectivity index (χ0) is 16.9. The number of amides is 1. The Balaban J connectivity index is 2.04. The Morgan fingerprint density at radius 1 is 1.08 bits per heavy atom. The summed E-state index contributed by atoms with van der Waals surface area (Å²) in [5, 5.41) is 0.493. The van der Waals surface area contributed by atoms with E-state index >= 15 is 0 Å². The molecular formula is C18H14N2O3S. The molecule has 2 aromatic rings. The number of para-hydroxylation sites is 2. The Kier molecular flexibility index (Phi) is 4.77. The van der Waals surface area contributed by atoms with Gasteiger partial charge in [-0.1, -0.05) is 36.4 Å². The fraction of sp³-hybridized carbons (Fsp3) is 0.0556. The molecule has 0 saturated carbocycles. The number of hydrogen-bond donors (Lipinski definition) is 0. The van der Waals surface area contributed by atoms with E-state index in [0.717, 1.165) is 17.4 Å². The summed E-state index contributed by atoms with van der Waals surface area (Å²) in [5.41, 5.74) is 1.42. The molecule has 3 rings (SSSR count). The third-order valence-electron chi connectivity index (χ3n) is 3.25. The molecule has 1 heterocycles. The predicted molar refractivity (Wildman–Crippen MR) is 95.2 cm³/mol. The van der Waals surface area contributed by atoms with Crippen molar-refractivity contribution in [3.8, 4) is 0 Å². The Morgan fingerprint density at radius 2 is 1.71 bits per heavy atom. The third-order valence-corrected chi connectivity index (χ3v) is 4.22. The van der Waals surface area contributed by atoms with Crippen LogP contribution in [0.5, 0.6) is 0 Å². The summed E-state index contributed by atoms with van der Waals surface area (Å²) >= 11 is 1.15. The van der Waals surface area contributed by atoms with E-state index in [1.165, 1.54) is 18.1 Å². The first-order chi connectivity index (χ1) is 11.7. The van der Waals surface area contributed by atoms with E-state index in [4.69, 9.17) is 0 Å². The Morgan fingerprint density at radius 3 is 2.33 bits per heavy atom. The van der Waals surface area contributed by atoms with Crippen LogP contribution < -0.4 is 4.90 Å². The smallest absolute Gasteiger partial charge is 0.331 e. The maximum atomic E-state index is 12.7. The van der Waals surface area contributed by atoms with Crippen LogP contribution in [0.25, 0.3) is 0 Å². The highest BCUT2D eigenvalue weighted by Gasteiger charge is 2.35.